The van der Waals surface area contributed by atoms with Crippen LogP contribution >= 0.6 is 0 Å². The molecular weight excluding hydrogens is 220 g/mol. The van der Waals surface area contributed by atoms with E-state index >= 15 is 0 Å². The summed E-state index contributed by atoms with van der Waals surface area (Å²) in [7, 11) is -3.28. The number of hydrogen-bond acceptors (Lipinski definition) is 2. The highest BCUT2D eigenvalue weighted by Crippen LogP contribution is 2.42. The van der Waals surface area contributed by atoms with Gasteiger partial charge in [-0.05, 0) is 19.1 Å². The smallest absolute Gasteiger partial charge is 0.207 e. The summed E-state index contributed by atoms with van der Waals surface area (Å²) in [5.41, 5.74) is 2.72. The summed E-state index contributed by atoms with van der Waals surface area (Å²) in [6.45, 7) is 1.97. The molecule has 0 amide bonds. The van der Waals surface area contributed by atoms with E-state index in [1.54, 1.807) is 18.2 Å². The van der Waals surface area contributed by atoms with Gasteiger partial charge in [0.05, 0.1) is 9.79 Å². The second kappa shape index (κ2) is 2.95. The number of hydrogen-bond donors (Lipinski definition) is 0. The lowest BCUT2D eigenvalue weighted by Crippen LogP contribution is -1.95. The van der Waals surface area contributed by atoms with Crippen LogP contribution in [-0.4, -0.2) is 8.42 Å². The second-order valence-electron chi connectivity index (χ2n) is 4.00. The molecule has 0 atom stereocenters. The normalized spacial score (nSPS) is 15.6. The Kier molecular flexibility index (Phi) is 1.77. The fourth-order valence-corrected chi connectivity index (χ4v) is 3.80. The van der Waals surface area contributed by atoms with E-state index < -0.39 is 9.84 Å². The zero-order valence-electron chi connectivity index (χ0n) is 8.77. The van der Waals surface area contributed by atoms with E-state index in [4.69, 9.17) is 0 Å². The SMILES string of the molecule is Cc1ccc2c(c1)-c1ccccc1S2(=O)=O. The first-order valence-corrected chi connectivity index (χ1v) is 6.54. The maximum atomic E-state index is 12.2. The van der Waals surface area contributed by atoms with E-state index in [1.807, 2.05) is 31.2 Å². The fourth-order valence-electron chi connectivity index (χ4n) is 2.13. The molecule has 2 aromatic rings. The van der Waals surface area contributed by atoms with Gasteiger partial charge in [-0.2, -0.15) is 0 Å². The Morgan fingerprint density at radius 2 is 1.56 bits per heavy atom. The molecule has 0 saturated carbocycles. The highest BCUT2D eigenvalue weighted by Gasteiger charge is 2.31. The van der Waals surface area contributed by atoms with Gasteiger partial charge in [-0.25, -0.2) is 8.42 Å². The molecule has 16 heavy (non-hydrogen) atoms. The van der Waals surface area contributed by atoms with Crippen molar-refractivity contribution in [1.29, 1.82) is 0 Å². The van der Waals surface area contributed by atoms with Gasteiger partial charge < -0.3 is 0 Å². The number of benzene rings is 2. The molecule has 0 bridgehead atoms. The summed E-state index contributed by atoms with van der Waals surface area (Å²) in [6, 6.07) is 12.6. The minimum Gasteiger partial charge on any atom is -0.218 e. The van der Waals surface area contributed by atoms with Crippen molar-refractivity contribution in [2.45, 2.75) is 16.7 Å². The third-order valence-electron chi connectivity index (χ3n) is 2.89. The van der Waals surface area contributed by atoms with E-state index in [0.29, 0.717) is 9.79 Å². The van der Waals surface area contributed by atoms with E-state index in [0.717, 1.165) is 16.7 Å². The standard InChI is InChI=1S/C13H10O2S/c1-9-6-7-13-11(8-9)10-4-2-3-5-12(10)16(13,14)15/h2-8H,1H3. The van der Waals surface area contributed by atoms with Gasteiger partial charge in [0, 0.05) is 11.1 Å². The van der Waals surface area contributed by atoms with Gasteiger partial charge in [0.15, 0.2) is 0 Å². The predicted molar refractivity (Wildman–Crippen MR) is 62.1 cm³/mol. The van der Waals surface area contributed by atoms with E-state index in [1.165, 1.54) is 0 Å². The summed E-state index contributed by atoms with van der Waals surface area (Å²) < 4.78 is 24.4. The highest BCUT2D eigenvalue weighted by atomic mass is 32.2. The van der Waals surface area contributed by atoms with Gasteiger partial charge in [-0.1, -0.05) is 35.9 Å². The largest absolute Gasteiger partial charge is 0.218 e. The van der Waals surface area contributed by atoms with Gasteiger partial charge in [-0.3, -0.25) is 0 Å². The van der Waals surface area contributed by atoms with Crippen molar-refractivity contribution in [2.75, 3.05) is 0 Å². The zero-order valence-corrected chi connectivity index (χ0v) is 9.58. The molecule has 0 aliphatic carbocycles. The third kappa shape index (κ3) is 1.09. The first-order valence-electron chi connectivity index (χ1n) is 5.06. The molecular formula is C13H10O2S. The minimum atomic E-state index is -3.28. The van der Waals surface area contributed by atoms with Crippen LogP contribution in [0.15, 0.2) is 52.3 Å². The Balaban J connectivity index is 2.50. The number of aryl methyl sites for hydroxylation is 1. The number of rotatable bonds is 0. The highest BCUT2D eigenvalue weighted by molar-refractivity contribution is 7.92. The average Bonchev–Trinajstić information content (AvgIpc) is 2.49. The minimum absolute atomic E-state index is 0.426. The van der Waals surface area contributed by atoms with Crippen LogP contribution in [0.5, 0.6) is 0 Å². The molecule has 0 saturated heterocycles. The second-order valence-corrected chi connectivity index (χ2v) is 5.89. The van der Waals surface area contributed by atoms with Gasteiger partial charge >= 0.3 is 0 Å². The third-order valence-corrected chi connectivity index (χ3v) is 4.76. The molecule has 3 heteroatoms. The Hall–Kier alpha value is -1.61. The van der Waals surface area contributed by atoms with Crippen molar-refractivity contribution >= 4 is 9.84 Å². The molecule has 0 N–H and O–H groups in total. The number of fused-ring (bicyclic) bond motifs is 3. The Morgan fingerprint density at radius 1 is 0.875 bits per heavy atom. The molecule has 0 radical (unpaired) electrons. The fraction of sp³-hybridized carbons (Fsp3) is 0.0769. The first kappa shape index (κ1) is 9.60. The summed E-state index contributed by atoms with van der Waals surface area (Å²) >= 11 is 0. The molecule has 2 aromatic carbocycles. The molecule has 2 nitrogen and oxygen atoms in total. The van der Waals surface area contributed by atoms with Gasteiger partial charge in [0.1, 0.15) is 0 Å². The van der Waals surface area contributed by atoms with Crippen LogP contribution in [0.2, 0.25) is 0 Å². The Labute approximate surface area is 94.5 Å². The maximum absolute atomic E-state index is 12.2. The van der Waals surface area contributed by atoms with Crippen molar-refractivity contribution in [3.8, 4) is 11.1 Å². The van der Waals surface area contributed by atoms with Gasteiger partial charge in [-0.15, -0.1) is 0 Å². The molecule has 1 aliphatic rings. The molecule has 0 spiro atoms. The molecule has 1 heterocycles. The van der Waals surface area contributed by atoms with Crippen LogP contribution in [0.25, 0.3) is 11.1 Å². The summed E-state index contributed by atoms with van der Waals surface area (Å²) in [5.74, 6) is 0. The van der Waals surface area contributed by atoms with E-state index in [9.17, 15) is 8.42 Å². The van der Waals surface area contributed by atoms with Crippen LogP contribution < -0.4 is 0 Å². The van der Waals surface area contributed by atoms with Crippen LogP contribution in [-0.2, 0) is 9.84 Å². The molecule has 0 fully saturated rings. The maximum Gasteiger partial charge on any atom is 0.207 e. The van der Waals surface area contributed by atoms with Crippen LogP contribution in [0, 0.1) is 6.92 Å². The number of sulfone groups is 1. The molecule has 80 valence electrons. The molecule has 0 aromatic heterocycles. The van der Waals surface area contributed by atoms with Crippen LogP contribution in [0.1, 0.15) is 5.56 Å². The van der Waals surface area contributed by atoms with Crippen molar-refractivity contribution in [3.63, 3.8) is 0 Å². The van der Waals surface area contributed by atoms with E-state index in [2.05, 4.69) is 0 Å². The zero-order chi connectivity index (χ0) is 11.3. The van der Waals surface area contributed by atoms with Crippen molar-refractivity contribution in [1.82, 2.24) is 0 Å². The Morgan fingerprint density at radius 3 is 2.38 bits per heavy atom. The summed E-state index contributed by atoms with van der Waals surface area (Å²) in [4.78, 5) is 0.856. The summed E-state index contributed by atoms with van der Waals surface area (Å²) in [6.07, 6.45) is 0. The van der Waals surface area contributed by atoms with Gasteiger partial charge in [0.2, 0.25) is 9.84 Å². The molecule has 1 aliphatic heterocycles. The monoisotopic (exact) mass is 230 g/mol. The molecule has 3 rings (SSSR count). The van der Waals surface area contributed by atoms with E-state index in [-0.39, 0.29) is 0 Å². The van der Waals surface area contributed by atoms with Crippen molar-refractivity contribution in [2.24, 2.45) is 0 Å². The lowest BCUT2D eigenvalue weighted by molar-refractivity contribution is 0.598. The van der Waals surface area contributed by atoms with Crippen molar-refractivity contribution in [3.05, 3.63) is 48.0 Å². The topological polar surface area (TPSA) is 34.1 Å². The summed E-state index contributed by atoms with van der Waals surface area (Å²) in [5, 5.41) is 0. The lowest BCUT2D eigenvalue weighted by Gasteiger charge is -1.99. The predicted octanol–water partition coefficient (Wildman–Crippen LogP) is 2.81. The lowest BCUT2D eigenvalue weighted by atomic mass is 10.0. The van der Waals surface area contributed by atoms with Crippen LogP contribution in [0.4, 0.5) is 0 Å². The molecule has 0 unspecified atom stereocenters. The van der Waals surface area contributed by atoms with Crippen LogP contribution in [0.3, 0.4) is 0 Å². The van der Waals surface area contributed by atoms with Gasteiger partial charge in [0.25, 0.3) is 0 Å². The first-order chi connectivity index (χ1) is 7.60. The van der Waals surface area contributed by atoms with Crippen molar-refractivity contribution < 1.29 is 8.42 Å². The Bertz CT molecular complexity index is 685. The quantitative estimate of drug-likeness (QED) is 0.595. The average molecular weight is 230 g/mol.